The highest BCUT2D eigenvalue weighted by atomic mass is 16.2. The number of allylic oxidation sites excluding steroid dienone is 3. The lowest BCUT2D eigenvalue weighted by molar-refractivity contribution is -0.274. The highest BCUT2D eigenvalue weighted by molar-refractivity contribution is 5.65. The SMILES string of the molecule is O=CC=C/C=C\[O-]. The molecule has 0 unspecified atom stereocenters. The maximum absolute atomic E-state index is 9.46. The van der Waals surface area contributed by atoms with Gasteiger partial charge in [-0.15, -0.1) is 6.26 Å². The number of rotatable bonds is 2. The third-order valence-electron chi connectivity index (χ3n) is 0.379. The number of carbonyl (C=O) groups excluding carboxylic acids is 1. The van der Waals surface area contributed by atoms with Gasteiger partial charge >= 0.3 is 0 Å². The van der Waals surface area contributed by atoms with E-state index in [1.54, 1.807) is 0 Å². The van der Waals surface area contributed by atoms with Gasteiger partial charge < -0.3 is 5.11 Å². The standard InChI is InChI=1S/C5H6O2/c6-4-2-1-3-5-7/h1-6H/p-1/b3-1?,4-2-. The predicted octanol–water partition coefficient (Wildman–Crippen LogP) is -0.385. The lowest BCUT2D eigenvalue weighted by Gasteiger charge is -1.79. The van der Waals surface area contributed by atoms with Crippen LogP contribution in [0.25, 0.3) is 0 Å². The minimum Gasteiger partial charge on any atom is -0.878 e. The third kappa shape index (κ3) is 4.95. The van der Waals surface area contributed by atoms with Crippen molar-refractivity contribution in [3.8, 4) is 0 Å². The topological polar surface area (TPSA) is 40.1 Å². The first-order chi connectivity index (χ1) is 3.41. The minimum atomic E-state index is 0.611. The Morgan fingerprint density at radius 2 is 1.86 bits per heavy atom. The Kier molecular flexibility index (Phi) is 4.21. The first-order valence-electron chi connectivity index (χ1n) is 1.80. The van der Waals surface area contributed by atoms with Gasteiger partial charge in [-0.05, 0) is 6.08 Å². The molecule has 0 radical (unpaired) electrons. The second-order valence-electron chi connectivity index (χ2n) is 0.850. The van der Waals surface area contributed by atoms with E-state index in [0.717, 1.165) is 0 Å². The van der Waals surface area contributed by atoms with Crippen LogP contribution in [0.5, 0.6) is 0 Å². The Balaban J connectivity index is 3.27. The summed E-state index contributed by atoms with van der Waals surface area (Å²) < 4.78 is 0. The summed E-state index contributed by atoms with van der Waals surface area (Å²) in [5, 5.41) is 9.46. The van der Waals surface area contributed by atoms with Gasteiger partial charge in [0.25, 0.3) is 0 Å². The first-order valence-corrected chi connectivity index (χ1v) is 1.80. The molecule has 0 N–H and O–H groups in total. The van der Waals surface area contributed by atoms with Crippen LogP contribution < -0.4 is 5.11 Å². The lowest BCUT2D eigenvalue weighted by atomic mass is 10.5. The van der Waals surface area contributed by atoms with Crippen LogP contribution in [0, 0.1) is 0 Å². The van der Waals surface area contributed by atoms with E-state index in [2.05, 4.69) is 0 Å². The Labute approximate surface area is 41.8 Å². The lowest BCUT2D eigenvalue weighted by Crippen LogP contribution is -1.82. The van der Waals surface area contributed by atoms with Gasteiger partial charge in [0.2, 0.25) is 0 Å². The highest BCUT2D eigenvalue weighted by Crippen LogP contribution is 1.66. The molecule has 0 aliphatic rings. The summed E-state index contributed by atoms with van der Waals surface area (Å²) in [7, 11) is 0. The smallest absolute Gasteiger partial charge is 0.142 e. The first kappa shape index (κ1) is 5.95. The fraction of sp³-hybridized carbons (Fsp3) is 0. The Hall–Kier alpha value is -1.05. The quantitative estimate of drug-likeness (QED) is 0.204. The zero-order valence-electron chi connectivity index (χ0n) is 3.70. The van der Waals surface area contributed by atoms with Crippen molar-refractivity contribution >= 4 is 6.29 Å². The van der Waals surface area contributed by atoms with Crippen molar-refractivity contribution in [1.29, 1.82) is 0 Å². The van der Waals surface area contributed by atoms with Crippen molar-refractivity contribution in [1.82, 2.24) is 0 Å². The summed E-state index contributed by atoms with van der Waals surface area (Å²) >= 11 is 0. The van der Waals surface area contributed by atoms with Gasteiger partial charge in [-0.3, -0.25) is 4.79 Å². The van der Waals surface area contributed by atoms with Crippen molar-refractivity contribution in [3.63, 3.8) is 0 Å². The molecule has 0 saturated carbocycles. The number of hydrogen-bond acceptors (Lipinski definition) is 2. The Bertz CT molecular complexity index is 92.3. The zero-order chi connectivity index (χ0) is 5.54. The van der Waals surface area contributed by atoms with Gasteiger partial charge in [-0.25, -0.2) is 0 Å². The summed E-state index contributed by atoms with van der Waals surface area (Å²) in [4.78, 5) is 9.46. The van der Waals surface area contributed by atoms with Gasteiger partial charge in [-0.2, -0.15) is 0 Å². The summed E-state index contributed by atoms with van der Waals surface area (Å²) in [6.45, 7) is 0. The van der Waals surface area contributed by atoms with Crippen LogP contribution in [0.4, 0.5) is 0 Å². The van der Waals surface area contributed by atoms with Crippen LogP contribution in [0.3, 0.4) is 0 Å². The second kappa shape index (κ2) is 4.95. The zero-order valence-corrected chi connectivity index (χ0v) is 3.70. The van der Waals surface area contributed by atoms with E-state index in [9.17, 15) is 9.90 Å². The minimum absolute atomic E-state index is 0.611. The summed E-state index contributed by atoms with van der Waals surface area (Å²) in [5.41, 5.74) is 0. The number of hydrogen-bond donors (Lipinski definition) is 0. The van der Waals surface area contributed by atoms with Crippen molar-refractivity contribution in [2.24, 2.45) is 0 Å². The molecule has 0 rings (SSSR count). The van der Waals surface area contributed by atoms with Crippen LogP contribution >= 0.6 is 0 Å². The van der Waals surface area contributed by atoms with E-state index in [4.69, 9.17) is 0 Å². The monoisotopic (exact) mass is 97.0 g/mol. The Morgan fingerprint density at radius 1 is 1.14 bits per heavy atom. The van der Waals surface area contributed by atoms with Gasteiger partial charge in [-0.1, -0.05) is 12.2 Å². The molecule has 2 nitrogen and oxygen atoms in total. The summed E-state index contributed by atoms with van der Waals surface area (Å²) in [6, 6.07) is 0. The molecular formula is C5H5O2-. The number of carbonyl (C=O) groups is 1. The molecule has 0 aromatic carbocycles. The van der Waals surface area contributed by atoms with E-state index in [1.807, 2.05) is 0 Å². The second-order valence-corrected chi connectivity index (χ2v) is 0.850. The van der Waals surface area contributed by atoms with E-state index < -0.39 is 0 Å². The van der Waals surface area contributed by atoms with E-state index in [-0.39, 0.29) is 0 Å². The van der Waals surface area contributed by atoms with Gasteiger partial charge in [0.15, 0.2) is 0 Å². The van der Waals surface area contributed by atoms with Crippen molar-refractivity contribution < 1.29 is 9.90 Å². The molecule has 7 heavy (non-hydrogen) atoms. The fourth-order valence-electron chi connectivity index (χ4n) is 0.155. The van der Waals surface area contributed by atoms with Crippen molar-refractivity contribution in [2.45, 2.75) is 0 Å². The van der Waals surface area contributed by atoms with Crippen LogP contribution in [-0.2, 0) is 4.79 Å². The molecule has 0 fully saturated rings. The van der Waals surface area contributed by atoms with Crippen LogP contribution in [0.2, 0.25) is 0 Å². The highest BCUT2D eigenvalue weighted by Gasteiger charge is 1.53. The Morgan fingerprint density at radius 3 is 2.29 bits per heavy atom. The van der Waals surface area contributed by atoms with Gasteiger partial charge in [0.1, 0.15) is 6.29 Å². The summed E-state index contributed by atoms with van der Waals surface area (Å²) in [5.74, 6) is 0. The summed E-state index contributed by atoms with van der Waals surface area (Å²) in [6.07, 6.45) is 5.09. The van der Waals surface area contributed by atoms with Gasteiger partial charge in [0.05, 0.1) is 0 Å². The average Bonchev–Trinajstić information content (AvgIpc) is 1.69. The largest absolute Gasteiger partial charge is 0.878 e. The van der Waals surface area contributed by atoms with E-state index >= 15 is 0 Å². The molecule has 0 spiro atoms. The van der Waals surface area contributed by atoms with Crippen molar-refractivity contribution in [2.75, 3.05) is 0 Å². The molecule has 38 valence electrons. The van der Waals surface area contributed by atoms with Crippen LogP contribution in [0.1, 0.15) is 0 Å². The van der Waals surface area contributed by atoms with Crippen molar-refractivity contribution in [3.05, 3.63) is 24.5 Å². The normalized spacial score (nSPS) is 10.9. The van der Waals surface area contributed by atoms with Gasteiger partial charge in [0, 0.05) is 0 Å². The molecule has 0 saturated heterocycles. The molecule has 0 aromatic heterocycles. The van der Waals surface area contributed by atoms with Crippen LogP contribution in [-0.4, -0.2) is 6.29 Å². The predicted molar refractivity (Wildman–Crippen MR) is 24.3 cm³/mol. The van der Waals surface area contributed by atoms with E-state index in [1.165, 1.54) is 18.2 Å². The van der Waals surface area contributed by atoms with E-state index in [0.29, 0.717) is 12.5 Å². The average molecular weight is 97.1 g/mol. The molecule has 2 heteroatoms. The maximum atomic E-state index is 9.46. The third-order valence-corrected chi connectivity index (χ3v) is 0.379. The van der Waals surface area contributed by atoms with Crippen LogP contribution in [0.15, 0.2) is 24.5 Å². The molecule has 0 aliphatic carbocycles. The number of aldehydes is 1. The molecule has 0 atom stereocenters. The molecule has 0 aromatic rings. The molecule has 0 amide bonds. The molecular weight excluding hydrogens is 92.1 g/mol. The maximum Gasteiger partial charge on any atom is 0.142 e. The molecule has 0 heterocycles. The fourth-order valence-corrected chi connectivity index (χ4v) is 0.155. The molecule has 0 bridgehead atoms. The molecule has 0 aliphatic heterocycles.